The van der Waals surface area contributed by atoms with E-state index in [1.165, 1.54) is 11.3 Å². The van der Waals surface area contributed by atoms with E-state index in [0.717, 1.165) is 17.3 Å². The number of nitrogens with one attached hydrogen (secondary N) is 1. The van der Waals surface area contributed by atoms with Crippen LogP contribution in [0.4, 0.5) is 0 Å². The van der Waals surface area contributed by atoms with Crippen LogP contribution in [-0.2, 0) is 16.1 Å². The van der Waals surface area contributed by atoms with Crippen molar-refractivity contribution in [3.8, 4) is 0 Å². The number of esters is 1. The van der Waals surface area contributed by atoms with Gasteiger partial charge in [-0.05, 0) is 23.6 Å². The summed E-state index contributed by atoms with van der Waals surface area (Å²) in [6, 6.07) is 9.13. The van der Waals surface area contributed by atoms with Crippen molar-refractivity contribution in [1.82, 2.24) is 15.0 Å². The van der Waals surface area contributed by atoms with Crippen LogP contribution >= 0.6 is 23.1 Å². The number of benzene rings is 1. The van der Waals surface area contributed by atoms with E-state index in [4.69, 9.17) is 9.15 Å². The summed E-state index contributed by atoms with van der Waals surface area (Å²) in [4.78, 5) is 34.9. The number of carbonyl (C=O) groups is 1. The number of rotatable bonds is 5. The molecule has 126 valence electrons. The van der Waals surface area contributed by atoms with Crippen molar-refractivity contribution >= 4 is 50.4 Å². The fourth-order valence-electron chi connectivity index (χ4n) is 2.21. The summed E-state index contributed by atoms with van der Waals surface area (Å²) in [5, 5.41) is 2.20. The number of oxazole rings is 1. The monoisotopic (exact) mass is 373 g/mol. The number of thiophene rings is 1. The van der Waals surface area contributed by atoms with Gasteiger partial charge in [0.1, 0.15) is 28.4 Å². The molecule has 0 atom stereocenters. The summed E-state index contributed by atoms with van der Waals surface area (Å²) in [6.07, 6.45) is 0. The minimum atomic E-state index is -0.444. The number of thioether (sulfide) groups is 1. The highest BCUT2D eigenvalue weighted by Gasteiger charge is 2.11. The molecule has 0 aliphatic rings. The van der Waals surface area contributed by atoms with Crippen molar-refractivity contribution in [2.45, 2.75) is 11.8 Å². The number of hydrogen-bond donors (Lipinski definition) is 1. The van der Waals surface area contributed by atoms with Gasteiger partial charge in [0.2, 0.25) is 0 Å². The zero-order chi connectivity index (χ0) is 17.2. The van der Waals surface area contributed by atoms with Gasteiger partial charge in [0, 0.05) is 0 Å². The fourth-order valence-corrected chi connectivity index (χ4v) is 3.58. The van der Waals surface area contributed by atoms with Crippen LogP contribution in [0.3, 0.4) is 0 Å². The summed E-state index contributed by atoms with van der Waals surface area (Å²) in [6.45, 7) is -0.0893. The van der Waals surface area contributed by atoms with E-state index in [9.17, 15) is 9.59 Å². The van der Waals surface area contributed by atoms with Crippen molar-refractivity contribution < 1.29 is 13.9 Å². The minimum Gasteiger partial charge on any atom is -0.457 e. The minimum absolute atomic E-state index is 0.0533. The van der Waals surface area contributed by atoms with Crippen LogP contribution in [0.25, 0.3) is 21.3 Å². The molecule has 0 spiro atoms. The van der Waals surface area contributed by atoms with Crippen LogP contribution in [0.15, 0.2) is 50.1 Å². The van der Waals surface area contributed by atoms with E-state index in [2.05, 4.69) is 15.0 Å². The van der Waals surface area contributed by atoms with Crippen LogP contribution in [0, 0.1) is 0 Å². The standard InChI is InChI=1S/C16H11N3O4S2/c20-13(8-25-16-18-9-3-1-2-4-11(9)23-16)22-7-12-17-10-5-6-24-14(10)15(21)19-12/h1-6H,7-8H2,(H,17,19,21). The number of ether oxygens (including phenoxy) is 1. The quantitative estimate of drug-likeness (QED) is 0.424. The van der Waals surface area contributed by atoms with Gasteiger partial charge in [-0.25, -0.2) is 9.97 Å². The van der Waals surface area contributed by atoms with Crippen molar-refractivity contribution in [2.24, 2.45) is 0 Å². The molecule has 3 aromatic heterocycles. The average Bonchev–Trinajstić information content (AvgIpc) is 3.24. The fraction of sp³-hybridized carbons (Fsp3) is 0.125. The van der Waals surface area contributed by atoms with E-state index in [1.54, 1.807) is 11.4 Å². The number of aromatic nitrogens is 3. The number of aromatic amines is 1. The molecule has 7 nitrogen and oxygen atoms in total. The largest absolute Gasteiger partial charge is 0.457 e. The molecule has 0 saturated carbocycles. The lowest BCUT2D eigenvalue weighted by Gasteiger charge is -2.03. The Morgan fingerprint density at radius 3 is 3.00 bits per heavy atom. The third kappa shape index (κ3) is 3.42. The Morgan fingerprint density at radius 1 is 1.24 bits per heavy atom. The molecule has 0 radical (unpaired) electrons. The summed E-state index contributed by atoms with van der Waals surface area (Å²) < 4.78 is 11.2. The summed E-state index contributed by atoms with van der Waals surface area (Å²) in [7, 11) is 0. The van der Waals surface area contributed by atoms with Crippen molar-refractivity contribution in [3.05, 3.63) is 51.9 Å². The lowest BCUT2D eigenvalue weighted by molar-refractivity contribution is -0.141. The molecule has 0 saturated heterocycles. The number of carbonyl (C=O) groups excluding carboxylic acids is 1. The maximum Gasteiger partial charge on any atom is 0.316 e. The third-order valence-corrected chi connectivity index (χ3v) is 5.03. The average molecular weight is 373 g/mol. The maximum atomic E-state index is 11.9. The number of H-pyrrole nitrogens is 1. The summed E-state index contributed by atoms with van der Waals surface area (Å²) in [5.74, 6) is -0.0750. The molecule has 4 aromatic rings. The summed E-state index contributed by atoms with van der Waals surface area (Å²) >= 11 is 2.47. The molecule has 0 aliphatic carbocycles. The Hall–Kier alpha value is -2.65. The Bertz CT molecular complexity index is 1080. The molecular weight excluding hydrogens is 362 g/mol. The summed E-state index contributed by atoms with van der Waals surface area (Å²) in [5.41, 5.74) is 1.78. The highest BCUT2D eigenvalue weighted by atomic mass is 32.2. The van der Waals surface area contributed by atoms with Gasteiger partial charge >= 0.3 is 5.97 Å². The molecular formula is C16H11N3O4S2. The molecule has 1 N–H and O–H groups in total. The highest BCUT2D eigenvalue weighted by Crippen LogP contribution is 2.23. The van der Waals surface area contributed by atoms with Gasteiger partial charge in [0.15, 0.2) is 5.58 Å². The molecule has 25 heavy (non-hydrogen) atoms. The molecule has 9 heteroatoms. The molecule has 0 amide bonds. The zero-order valence-electron chi connectivity index (χ0n) is 12.7. The molecule has 1 aromatic carbocycles. The maximum absolute atomic E-state index is 11.9. The Labute approximate surface area is 149 Å². The topological polar surface area (TPSA) is 98.1 Å². The lowest BCUT2D eigenvalue weighted by atomic mass is 10.3. The molecule has 0 bridgehead atoms. The van der Waals surface area contributed by atoms with Gasteiger partial charge in [0.05, 0.1) is 5.52 Å². The Morgan fingerprint density at radius 2 is 2.12 bits per heavy atom. The van der Waals surface area contributed by atoms with E-state index in [-0.39, 0.29) is 17.9 Å². The van der Waals surface area contributed by atoms with Crippen LogP contribution < -0.4 is 5.56 Å². The van der Waals surface area contributed by atoms with Gasteiger partial charge < -0.3 is 14.1 Å². The lowest BCUT2D eigenvalue weighted by Crippen LogP contribution is -2.14. The van der Waals surface area contributed by atoms with Crippen LogP contribution in [-0.4, -0.2) is 26.7 Å². The van der Waals surface area contributed by atoms with Gasteiger partial charge in [-0.15, -0.1) is 11.3 Å². The predicted octanol–water partition coefficient (Wildman–Crippen LogP) is 2.96. The van der Waals surface area contributed by atoms with Crippen LogP contribution in [0.2, 0.25) is 0 Å². The van der Waals surface area contributed by atoms with E-state index in [1.807, 2.05) is 24.3 Å². The molecule has 0 unspecified atom stereocenters. The third-order valence-electron chi connectivity index (χ3n) is 3.32. The second kappa shape index (κ2) is 6.69. The molecule has 4 rings (SSSR count). The number of fused-ring (bicyclic) bond motifs is 2. The van der Waals surface area contributed by atoms with Gasteiger partial charge in [-0.2, -0.15) is 0 Å². The number of hydrogen-bond acceptors (Lipinski definition) is 8. The Kier molecular flexibility index (Phi) is 4.24. The predicted molar refractivity (Wildman–Crippen MR) is 94.8 cm³/mol. The molecule has 0 aliphatic heterocycles. The van der Waals surface area contributed by atoms with E-state index >= 15 is 0 Å². The number of para-hydroxylation sites is 2. The number of nitrogens with zero attached hydrogens (tertiary/aromatic N) is 2. The molecule has 0 fully saturated rings. The second-order valence-electron chi connectivity index (χ2n) is 5.04. The first kappa shape index (κ1) is 15.9. The first-order valence-corrected chi connectivity index (χ1v) is 9.16. The van der Waals surface area contributed by atoms with Gasteiger partial charge in [-0.1, -0.05) is 23.9 Å². The smallest absolute Gasteiger partial charge is 0.316 e. The van der Waals surface area contributed by atoms with Crippen molar-refractivity contribution in [1.29, 1.82) is 0 Å². The van der Waals surface area contributed by atoms with Crippen LogP contribution in [0.5, 0.6) is 0 Å². The first-order valence-electron chi connectivity index (χ1n) is 7.29. The zero-order valence-corrected chi connectivity index (χ0v) is 14.4. The highest BCUT2D eigenvalue weighted by molar-refractivity contribution is 7.99. The van der Waals surface area contributed by atoms with E-state index < -0.39 is 5.97 Å². The van der Waals surface area contributed by atoms with Gasteiger partial charge in [0.25, 0.3) is 10.8 Å². The Balaban J connectivity index is 1.36. The van der Waals surface area contributed by atoms with Crippen molar-refractivity contribution in [2.75, 3.05) is 5.75 Å². The normalized spacial score (nSPS) is 11.2. The SMILES string of the molecule is O=C(CSc1nc2ccccc2o1)OCc1nc2ccsc2c(=O)[nH]1. The van der Waals surface area contributed by atoms with Gasteiger partial charge in [-0.3, -0.25) is 9.59 Å². The molecule has 3 heterocycles. The van der Waals surface area contributed by atoms with E-state index in [0.29, 0.717) is 26.8 Å². The first-order chi connectivity index (χ1) is 12.2. The second-order valence-corrected chi connectivity index (χ2v) is 6.89. The van der Waals surface area contributed by atoms with Crippen molar-refractivity contribution in [3.63, 3.8) is 0 Å². The van der Waals surface area contributed by atoms with Crippen LogP contribution in [0.1, 0.15) is 5.82 Å².